The fraction of sp³-hybridized carbons (Fsp3) is 0.100. The molecule has 1 aromatic carbocycles. The minimum Gasteiger partial charge on any atom is -0.478 e. The molecular formula is C10H10BrNO2. The van der Waals surface area contributed by atoms with Crippen LogP contribution in [0.4, 0.5) is 5.69 Å². The van der Waals surface area contributed by atoms with Gasteiger partial charge in [-0.05, 0) is 40.5 Å². The Morgan fingerprint density at radius 1 is 1.57 bits per heavy atom. The molecule has 74 valence electrons. The van der Waals surface area contributed by atoms with Gasteiger partial charge >= 0.3 is 5.97 Å². The minimum absolute atomic E-state index is 0.850. The lowest BCUT2D eigenvalue weighted by molar-refractivity contribution is -0.131. The lowest BCUT2D eigenvalue weighted by Crippen LogP contribution is -1.93. The molecule has 14 heavy (non-hydrogen) atoms. The first-order chi connectivity index (χ1) is 6.59. The van der Waals surface area contributed by atoms with Crippen molar-refractivity contribution in [2.24, 2.45) is 0 Å². The van der Waals surface area contributed by atoms with E-state index in [1.165, 1.54) is 6.20 Å². The second-order valence-corrected chi connectivity index (χ2v) is 3.65. The predicted molar refractivity (Wildman–Crippen MR) is 59.3 cm³/mol. The van der Waals surface area contributed by atoms with Crippen LogP contribution in [-0.2, 0) is 4.79 Å². The SMILES string of the molecule is Cc1ccc(Br)c(N/C=C/C(=O)O)c1. The van der Waals surface area contributed by atoms with E-state index >= 15 is 0 Å². The number of hydrogen-bond donors (Lipinski definition) is 2. The van der Waals surface area contributed by atoms with Crippen molar-refractivity contribution in [2.45, 2.75) is 6.92 Å². The van der Waals surface area contributed by atoms with Crippen molar-refractivity contribution < 1.29 is 9.90 Å². The molecule has 0 bridgehead atoms. The third-order valence-corrected chi connectivity index (χ3v) is 2.28. The summed E-state index contributed by atoms with van der Waals surface area (Å²) < 4.78 is 0.901. The standard InChI is InChI=1S/C10H10BrNO2/c1-7-2-3-8(11)9(6-7)12-5-4-10(13)14/h2-6,12H,1H3,(H,13,14)/b5-4+. The van der Waals surface area contributed by atoms with Crippen LogP contribution in [-0.4, -0.2) is 11.1 Å². The predicted octanol–water partition coefficient (Wildman–Crippen LogP) is 2.77. The molecule has 0 aliphatic rings. The molecule has 0 fully saturated rings. The highest BCUT2D eigenvalue weighted by atomic mass is 79.9. The summed E-state index contributed by atoms with van der Waals surface area (Å²) in [7, 11) is 0. The van der Waals surface area contributed by atoms with Gasteiger partial charge in [0.15, 0.2) is 0 Å². The summed E-state index contributed by atoms with van der Waals surface area (Å²) >= 11 is 3.35. The van der Waals surface area contributed by atoms with E-state index in [0.29, 0.717) is 0 Å². The summed E-state index contributed by atoms with van der Waals surface area (Å²) in [5.41, 5.74) is 1.96. The van der Waals surface area contributed by atoms with Gasteiger partial charge in [0.2, 0.25) is 0 Å². The molecule has 0 aliphatic heterocycles. The molecule has 0 heterocycles. The maximum Gasteiger partial charge on any atom is 0.329 e. The number of carbonyl (C=O) groups is 1. The number of aryl methyl sites for hydroxylation is 1. The third-order valence-electron chi connectivity index (χ3n) is 1.59. The van der Waals surface area contributed by atoms with Gasteiger partial charge in [-0.15, -0.1) is 0 Å². The Bertz CT molecular complexity index is 374. The van der Waals surface area contributed by atoms with E-state index < -0.39 is 5.97 Å². The number of carboxylic acids is 1. The number of hydrogen-bond acceptors (Lipinski definition) is 2. The number of nitrogens with one attached hydrogen (secondary N) is 1. The summed E-state index contributed by atoms with van der Waals surface area (Å²) in [6.45, 7) is 1.97. The second-order valence-electron chi connectivity index (χ2n) is 2.80. The fourth-order valence-electron chi connectivity index (χ4n) is 0.952. The van der Waals surface area contributed by atoms with Gasteiger partial charge in [0.05, 0.1) is 5.69 Å². The topological polar surface area (TPSA) is 49.3 Å². The van der Waals surface area contributed by atoms with Gasteiger partial charge in [-0.1, -0.05) is 6.07 Å². The number of benzene rings is 1. The van der Waals surface area contributed by atoms with Gasteiger partial charge in [-0.2, -0.15) is 0 Å². The fourth-order valence-corrected chi connectivity index (χ4v) is 1.31. The van der Waals surface area contributed by atoms with E-state index in [1.807, 2.05) is 25.1 Å². The minimum atomic E-state index is -0.971. The van der Waals surface area contributed by atoms with Crippen LogP contribution in [0.2, 0.25) is 0 Å². The zero-order chi connectivity index (χ0) is 10.6. The normalized spacial score (nSPS) is 10.4. The van der Waals surface area contributed by atoms with Crippen LogP contribution in [0.15, 0.2) is 34.9 Å². The second kappa shape index (κ2) is 4.81. The molecule has 4 heteroatoms. The maximum absolute atomic E-state index is 10.2. The molecular weight excluding hydrogens is 246 g/mol. The van der Waals surface area contributed by atoms with Gasteiger partial charge in [0.25, 0.3) is 0 Å². The molecule has 0 saturated carbocycles. The molecule has 0 atom stereocenters. The average molecular weight is 256 g/mol. The highest BCUT2D eigenvalue weighted by Crippen LogP contribution is 2.23. The summed E-state index contributed by atoms with van der Waals surface area (Å²) in [6, 6.07) is 5.80. The monoisotopic (exact) mass is 255 g/mol. The lowest BCUT2D eigenvalue weighted by Gasteiger charge is -2.04. The molecule has 2 N–H and O–H groups in total. The lowest BCUT2D eigenvalue weighted by atomic mass is 10.2. The van der Waals surface area contributed by atoms with Crippen molar-refractivity contribution in [1.82, 2.24) is 0 Å². The number of rotatable bonds is 3. The van der Waals surface area contributed by atoms with Gasteiger partial charge in [0.1, 0.15) is 0 Å². The summed E-state index contributed by atoms with van der Waals surface area (Å²) in [4.78, 5) is 10.2. The Morgan fingerprint density at radius 2 is 2.29 bits per heavy atom. The molecule has 0 saturated heterocycles. The number of carboxylic acid groups (broad SMARTS) is 1. The third kappa shape index (κ3) is 3.22. The zero-order valence-corrected chi connectivity index (χ0v) is 9.21. The first kappa shape index (κ1) is 10.8. The number of aliphatic carboxylic acids is 1. The first-order valence-electron chi connectivity index (χ1n) is 4.02. The van der Waals surface area contributed by atoms with E-state index in [0.717, 1.165) is 21.8 Å². The van der Waals surface area contributed by atoms with Crippen LogP contribution >= 0.6 is 15.9 Å². The van der Waals surface area contributed by atoms with Crippen molar-refractivity contribution in [3.8, 4) is 0 Å². The molecule has 1 aromatic rings. The highest BCUT2D eigenvalue weighted by Gasteiger charge is 1.96. The van der Waals surface area contributed by atoms with Gasteiger partial charge in [-0.3, -0.25) is 0 Å². The van der Waals surface area contributed by atoms with Crippen LogP contribution < -0.4 is 5.32 Å². The van der Waals surface area contributed by atoms with Gasteiger partial charge in [-0.25, -0.2) is 4.79 Å². The Kier molecular flexibility index (Phi) is 3.71. The van der Waals surface area contributed by atoms with E-state index in [2.05, 4.69) is 21.2 Å². The first-order valence-corrected chi connectivity index (χ1v) is 4.81. The van der Waals surface area contributed by atoms with Crippen molar-refractivity contribution >= 4 is 27.6 Å². The smallest absolute Gasteiger partial charge is 0.329 e. The average Bonchev–Trinajstić information content (AvgIpc) is 2.10. The molecule has 1 rings (SSSR count). The van der Waals surface area contributed by atoms with Crippen molar-refractivity contribution in [3.63, 3.8) is 0 Å². The van der Waals surface area contributed by atoms with Crippen LogP contribution in [0.5, 0.6) is 0 Å². The highest BCUT2D eigenvalue weighted by molar-refractivity contribution is 9.10. The van der Waals surface area contributed by atoms with Crippen LogP contribution in [0.3, 0.4) is 0 Å². The van der Waals surface area contributed by atoms with Crippen LogP contribution in [0.25, 0.3) is 0 Å². The zero-order valence-electron chi connectivity index (χ0n) is 7.62. The molecule has 0 aromatic heterocycles. The molecule has 0 spiro atoms. The molecule has 0 unspecified atom stereocenters. The van der Waals surface area contributed by atoms with Crippen molar-refractivity contribution in [3.05, 3.63) is 40.5 Å². The summed E-state index contributed by atoms with van der Waals surface area (Å²) in [6.07, 6.45) is 2.44. The van der Waals surface area contributed by atoms with Crippen LogP contribution in [0, 0.1) is 6.92 Å². The Morgan fingerprint density at radius 3 is 2.93 bits per heavy atom. The number of halogens is 1. The quantitative estimate of drug-likeness (QED) is 0.817. The molecule has 0 radical (unpaired) electrons. The Hall–Kier alpha value is -1.29. The summed E-state index contributed by atoms with van der Waals surface area (Å²) in [5, 5.41) is 11.3. The Balaban J connectivity index is 2.76. The van der Waals surface area contributed by atoms with E-state index in [-0.39, 0.29) is 0 Å². The van der Waals surface area contributed by atoms with Gasteiger partial charge in [0, 0.05) is 16.7 Å². The maximum atomic E-state index is 10.2. The van der Waals surface area contributed by atoms with Crippen molar-refractivity contribution in [2.75, 3.05) is 5.32 Å². The summed E-state index contributed by atoms with van der Waals surface area (Å²) in [5.74, 6) is -0.971. The van der Waals surface area contributed by atoms with Gasteiger partial charge < -0.3 is 10.4 Å². The van der Waals surface area contributed by atoms with E-state index in [1.54, 1.807) is 0 Å². The largest absolute Gasteiger partial charge is 0.478 e. The van der Waals surface area contributed by atoms with E-state index in [9.17, 15) is 4.79 Å². The van der Waals surface area contributed by atoms with Crippen molar-refractivity contribution in [1.29, 1.82) is 0 Å². The van der Waals surface area contributed by atoms with E-state index in [4.69, 9.17) is 5.11 Å². The van der Waals surface area contributed by atoms with Crippen LogP contribution in [0.1, 0.15) is 5.56 Å². The number of anilines is 1. The Labute approximate surface area is 90.6 Å². The molecule has 0 amide bonds. The molecule has 0 aliphatic carbocycles. The molecule has 3 nitrogen and oxygen atoms in total.